The summed E-state index contributed by atoms with van der Waals surface area (Å²) in [5.74, 6) is 6.72. The first kappa shape index (κ1) is 21.0. The van der Waals surface area contributed by atoms with E-state index in [-0.39, 0.29) is 41.0 Å². The molecule has 2 aromatic carbocycles. The van der Waals surface area contributed by atoms with Crippen LogP contribution in [0.2, 0.25) is 0 Å². The van der Waals surface area contributed by atoms with Gasteiger partial charge >= 0.3 is 6.61 Å². The summed E-state index contributed by atoms with van der Waals surface area (Å²) in [4.78, 5) is 33.4. The van der Waals surface area contributed by atoms with E-state index in [9.17, 15) is 18.4 Å². The average Bonchev–Trinajstić information content (AvgIpc) is 3.67. The Hall–Kier alpha value is -3.93. The van der Waals surface area contributed by atoms with Crippen LogP contribution in [-0.2, 0) is 4.79 Å². The minimum Gasteiger partial charge on any atom is -0.434 e. The highest BCUT2D eigenvalue weighted by molar-refractivity contribution is 5.98. The second-order valence-corrected chi connectivity index (χ2v) is 10.7. The number of nitrogens with zero attached hydrogens (tertiary/aromatic N) is 4. The number of alkyl halides is 2. The van der Waals surface area contributed by atoms with Crippen molar-refractivity contribution in [2.45, 2.75) is 50.8 Å². The van der Waals surface area contributed by atoms with Gasteiger partial charge in [-0.2, -0.15) is 8.78 Å². The summed E-state index contributed by atoms with van der Waals surface area (Å²) >= 11 is 0. The van der Waals surface area contributed by atoms with E-state index in [4.69, 9.17) is 13.8 Å². The number of carbonyl (C=O) groups excluding carboxylic acids is 2. The number of likely N-dealkylation sites (tertiary alicyclic amines) is 1. The normalized spacial score (nSPS) is 23.9. The molecule has 1 aliphatic carbocycles. The van der Waals surface area contributed by atoms with Gasteiger partial charge in [-0.25, -0.2) is 4.98 Å². The van der Waals surface area contributed by atoms with Crippen LogP contribution < -0.4 is 4.74 Å². The first-order valence-electron chi connectivity index (χ1n) is 14.8. The Labute approximate surface area is 228 Å². The molecule has 7 rings (SSSR count). The van der Waals surface area contributed by atoms with Gasteiger partial charge in [0.2, 0.25) is 5.91 Å². The van der Waals surface area contributed by atoms with Gasteiger partial charge in [-0.15, -0.1) is 0 Å². The summed E-state index contributed by atoms with van der Waals surface area (Å²) < 4.78 is 57.9. The van der Waals surface area contributed by atoms with Gasteiger partial charge in [0.05, 0.1) is 23.1 Å². The fourth-order valence-corrected chi connectivity index (χ4v) is 6.20. The second kappa shape index (κ2) is 9.08. The van der Waals surface area contributed by atoms with E-state index in [0.717, 1.165) is 36.1 Å². The zero-order chi connectivity index (χ0) is 29.3. The number of ether oxygens (including phenoxy) is 1. The van der Waals surface area contributed by atoms with Crippen LogP contribution in [0.1, 0.15) is 75.6 Å². The van der Waals surface area contributed by atoms with Crippen molar-refractivity contribution in [1.82, 2.24) is 19.4 Å². The lowest BCUT2D eigenvalue weighted by molar-refractivity contribution is -0.133. The molecule has 7 nitrogen and oxygen atoms in total. The third-order valence-corrected chi connectivity index (χ3v) is 8.30. The minimum atomic E-state index is -3.12. The van der Waals surface area contributed by atoms with Crippen molar-refractivity contribution in [1.29, 1.82) is 0 Å². The Morgan fingerprint density at radius 3 is 2.72 bits per heavy atom. The summed E-state index contributed by atoms with van der Waals surface area (Å²) in [6.45, 7) is -4.47. The summed E-state index contributed by atoms with van der Waals surface area (Å²) in [5, 5.41) is 0. The van der Waals surface area contributed by atoms with Crippen LogP contribution in [0.4, 0.5) is 8.78 Å². The van der Waals surface area contributed by atoms with E-state index in [1.54, 1.807) is 6.07 Å². The van der Waals surface area contributed by atoms with Gasteiger partial charge in [-0.05, 0) is 56.0 Å². The Bertz CT molecular complexity index is 1670. The van der Waals surface area contributed by atoms with Gasteiger partial charge in [-0.3, -0.25) is 9.59 Å². The van der Waals surface area contributed by atoms with Crippen molar-refractivity contribution < 1.29 is 27.2 Å². The molecule has 0 spiro atoms. The van der Waals surface area contributed by atoms with Crippen LogP contribution in [-0.4, -0.2) is 57.8 Å². The maximum atomic E-state index is 13.6. The Morgan fingerprint density at radius 2 is 1.97 bits per heavy atom. The molecular weight excluding hydrogens is 502 g/mol. The predicted molar refractivity (Wildman–Crippen MR) is 139 cm³/mol. The van der Waals surface area contributed by atoms with E-state index >= 15 is 0 Å². The number of halogens is 2. The zero-order valence-corrected chi connectivity index (χ0v) is 21.1. The molecule has 39 heavy (non-hydrogen) atoms. The zero-order valence-electron chi connectivity index (χ0n) is 24.1. The molecule has 2 atom stereocenters. The van der Waals surface area contributed by atoms with Crippen LogP contribution in [0.5, 0.6) is 5.75 Å². The van der Waals surface area contributed by atoms with E-state index < -0.39 is 31.6 Å². The topological polar surface area (TPSA) is 67.7 Å². The van der Waals surface area contributed by atoms with Gasteiger partial charge < -0.3 is 19.1 Å². The molecule has 0 radical (unpaired) electrons. The molecule has 4 heterocycles. The van der Waals surface area contributed by atoms with E-state index in [0.29, 0.717) is 29.9 Å². The van der Waals surface area contributed by atoms with Crippen LogP contribution in [0.3, 0.4) is 0 Å². The third kappa shape index (κ3) is 4.05. The lowest BCUT2D eigenvalue weighted by Crippen LogP contribution is -2.39. The number of fused-ring (bicyclic) bond motifs is 9. The molecule has 3 aliphatic heterocycles. The summed E-state index contributed by atoms with van der Waals surface area (Å²) in [6.07, 6.45) is 3.80. The smallest absolute Gasteiger partial charge is 0.387 e. The van der Waals surface area contributed by atoms with Crippen LogP contribution in [0.25, 0.3) is 11.0 Å². The number of benzene rings is 2. The quantitative estimate of drug-likeness (QED) is 0.456. The highest BCUT2D eigenvalue weighted by Gasteiger charge is 2.45. The molecule has 1 saturated carbocycles. The minimum absolute atomic E-state index is 0.0201. The molecule has 0 unspecified atom stereocenters. The number of aromatic nitrogens is 2. The molecule has 200 valence electrons. The predicted octanol–water partition coefficient (Wildman–Crippen LogP) is 4.76. The van der Waals surface area contributed by atoms with Crippen LogP contribution >= 0.6 is 0 Å². The molecular formula is C30H28F2N4O3. The standard InChI is InChI=1S/C30H28F2N4O3/c1-34-24-16-23(26-20(29(34)38)3-2-4-25(26)39-30(31)32)36-22-15-18(7-10-21(22)33-27(24)36)6-5-17-11-13-35(14-12-17)28(37)19-8-9-19/h2-4,7,10,15,17,19,23-24,30H,8-9,11-14,16H2,1H3/t23-,24-/m1/s1/i1D3. The summed E-state index contributed by atoms with van der Waals surface area (Å²) in [7, 11) is 0. The van der Waals surface area contributed by atoms with Crippen molar-refractivity contribution in [3.05, 3.63) is 58.9 Å². The van der Waals surface area contributed by atoms with Gasteiger partial charge in [0.25, 0.3) is 5.91 Å². The first-order chi connectivity index (χ1) is 20.1. The lowest BCUT2D eigenvalue weighted by Gasteiger charge is -2.30. The third-order valence-electron chi connectivity index (χ3n) is 8.30. The molecule has 0 N–H and O–H groups in total. The number of imidazole rings is 1. The molecule has 2 bridgehead atoms. The first-order valence-corrected chi connectivity index (χ1v) is 13.3. The Morgan fingerprint density at radius 1 is 1.15 bits per heavy atom. The van der Waals surface area contributed by atoms with Crippen molar-refractivity contribution in [3.8, 4) is 17.6 Å². The van der Waals surface area contributed by atoms with Crippen molar-refractivity contribution in [2.24, 2.45) is 11.8 Å². The summed E-state index contributed by atoms with van der Waals surface area (Å²) in [6, 6.07) is 8.24. The van der Waals surface area contributed by atoms with Gasteiger partial charge in [-0.1, -0.05) is 17.9 Å². The van der Waals surface area contributed by atoms with Crippen molar-refractivity contribution in [2.75, 3.05) is 20.1 Å². The number of hydrogen-bond acceptors (Lipinski definition) is 4. The Kier molecular flexibility index (Phi) is 4.88. The average molecular weight is 534 g/mol. The maximum absolute atomic E-state index is 13.6. The van der Waals surface area contributed by atoms with Gasteiger partial charge in [0, 0.05) is 59.1 Å². The largest absolute Gasteiger partial charge is 0.434 e. The van der Waals surface area contributed by atoms with E-state index in [1.165, 1.54) is 18.2 Å². The molecule has 1 aromatic heterocycles. The molecule has 3 aromatic rings. The number of rotatable bonds is 3. The lowest BCUT2D eigenvalue weighted by atomic mass is 9.96. The van der Waals surface area contributed by atoms with Gasteiger partial charge in [0.15, 0.2) is 0 Å². The van der Waals surface area contributed by atoms with E-state index in [2.05, 4.69) is 11.8 Å². The number of hydrogen-bond donors (Lipinski definition) is 0. The van der Waals surface area contributed by atoms with E-state index in [1.807, 2.05) is 21.6 Å². The Balaban J connectivity index is 1.26. The van der Waals surface area contributed by atoms with Gasteiger partial charge in [0.1, 0.15) is 11.6 Å². The van der Waals surface area contributed by atoms with Crippen molar-refractivity contribution >= 4 is 22.8 Å². The fraction of sp³-hybridized carbons (Fsp3) is 0.433. The highest BCUT2D eigenvalue weighted by atomic mass is 19.3. The fourth-order valence-electron chi connectivity index (χ4n) is 6.20. The monoisotopic (exact) mass is 533 g/mol. The van der Waals surface area contributed by atoms with Crippen LogP contribution in [0, 0.1) is 23.7 Å². The second-order valence-electron chi connectivity index (χ2n) is 10.7. The summed E-state index contributed by atoms with van der Waals surface area (Å²) in [5.41, 5.74) is 2.24. The molecule has 2 fully saturated rings. The molecule has 4 aliphatic rings. The number of amides is 2. The highest BCUT2D eigenvalue weighted by Crippen LogP contribution is 2.50. The molecule has 1 saturated heterocycles. The van der Waals surface area contributed by atoms with Crippen LogP contribution in [0.15, 0.2) is 36.4 Å². The molecule has 9 heteroatoms. The number of carbonyl (C=O) groups is 2. The van der Waals surface area contributed by atoms with Crippen molar-refractivity contribution in [3.63, 3.8) is 0 Å². The SMILES string of the molecule is [2H]C([2H])([2H])N1C(=O)c2cccc(OC(F)F)c2[C@H]2C[C@@H]1c1nc3ccc(C#CC4CCN(C(=O)C5CC5)CC4)cc3n12. The molecule has 2 amide bonds. The number of piperidine rings is 1. The maximum Gasteiger partial charge on any atom is 0.387 e.